The third-order valence-electron chi connectivity index (χ3n) is 1.30. The normalized spacial score (nSPS) is 13.6. The van der Waals surface area contributed by atoms with Crippen molar-refractivity contribution in [1.29, 1.82) is 0 Å². The quantitative estimate of drug-likeness (QED) is 0.618. The van der Waals surface area contributed by atoms with Crippen molar-refractivity contribution in [2.45, 2.75) is 32.7 Å². The summed E-state index contributed by atoms with van der Waals surface area (Å²) in [5, 5.41) is 4.76. The largest absolute Gasteiger partial charge is 0.274 e. The van der Waals surface area contributed by atoms with E-state index < -0.39 is 15.7 Å². The van der Waals surface area contributed by atoms with Crippen molar-refractivity contribution in [2.24, 2.45) is 5.14 Å². The smallest absolute Gasteiger partial charge is 0.216 e. The van der Waals surface area contributed by atoms with Crippen molar-refractivity contribution < 1.29 is 8.42 Å². The predicted octanol–water partition coefficient (Wildman–Crippen LogP) is -0.0319. The summed E-state index contributed by atoms with van der Waals surface area (Å²) in [5.41, 5.74) is -0.437. The lowest BCUT2D eigenvalue weighted by Crippen LogP contribution is -2.45. The van der Waals surface area contributed by atoms with E-state index in [2.05, 4.69) is 4.72 Å². The topological polar surface area (TPSA) is 72.2 Å². The van der Waals surface area contributed by atoms with Gasteiger partial charge < -0.3 is 0 Å². The van der Waals surface area contributed by atoms with Crippen LogP contribution in [0, 0.1) is 0 Å². The molecule has 0 heterocycles. The fraction of sp³-hybridized carbons (Fsp3) is 1.00. The van der Waals surface area contributed by atoms with Crippen LogP contribution in [0.3, 0.4) is 0 Å². The van der Waals surface area contributed by atoms with Crippen molar-refractivity contribution >= 4 is 10.2 Å². The van der Waals surface area contributed by atoms with Crippen molar-refractivity contribution in [3.05, 3.63) is 0 Å². The van der Waals surface area contributed by atoms with E-state index in [0.717, 1.165) is 0 Å². The lowest BCUT2D eigenvalue weighted by molar-refractivity contribution is 0.440. The second-order valence-electron chi connectivity index (χ2n) is 2.88. The fourth-order valence-corrected chi connectivity index (χ4v) is 1.37. The minimum atomic E-state index is -3.54. The van der Waals surface area contributed by atoms with Gasteiger partial charge in [-0.1, -0.05) is 6.92 Å². The molecule has 0 bridgehead atoms. The summed E-state index contributed by atoms with van der Waals surface area (Å²) >= 11 is 0. The molecule has 0 rings (SSSR count). The number of rotatable bonds is 3. The van der Waals surface area contributed by atoms with Gasteiger partial charge in [-0.15, -0.1) is 0 Å². The Bertz CT molecular complexity index is 196. The summed E-state index contributed by atoms with van der Waals surface area (Å²) in [6.07, 6.45) is 0.712. The molecule has 3 N–H and O–H groups in total. The minimum absolute atomic E-state index is 0.437. The first-order chi connectivity index (χ1) is 4.27. The van der Waals surface area contributed by atoms with Crippen LogP contribution >= 0.6 is 0 Å². The Morgan fingerprint density at radius 3 is 2.00 bits per heavy atom. The molecule has 62 valence electrons. The van der Waals surface area contributed by atoms with E-state index in [1.807, 2.05) is 6.92 Å². The molecule has 0 radical (unpaired) electrons. The SMILES string of the molecule is CCC(C)(C)NS(N)(=O)=O. The van der Waals surface area contributed by atoms with Crippen LogP contribution in [-0.2, 0) is 10.2 Å². The Labute approximate surface area is 62.0 Å². The average molecular weight is 166 g/mol. The van der Waals surface area contributed by atoms with E-state index in [9.17, 15) is 8.42 Å². The molecule has 0 amide bonds. The van der Waals surface area contributed by atoms with Crippen LogP contribution in [0.5, 0.6) is 0 Å². The number of nitrogens with one attached hydrogen (secondary N) is 1. The zero-order chi connectivity index (χ0) is 8.41. The van der Waals surface area contributed by atoms with Crippen LogP contribution in [0.25, 0.3) is 0 Å². The van der Waals surface area contributed by atoms with Crippen LogP contribution in [0.2, 0.25) is 0 Å². The van der Waals surface area contributed by atoms with Gasteiger partial charge in [0.25, 0.3) is 10.2 Å². The second-order valence-corrected chi connectivity index (χ2v) is 4.18. The molecule has 0 saturated carbocycles. The Morgan fingerprint density at radius 1 is 1.50 bits per heavy atom. The summed E-state index contributed by atoms with van der Waals surface area (Å²) in [4.78, 5) is 0. The van der Waals surface area contributed by atoms with Gasteiger partial charge in [0.2, 0.25) is 0 Å². The van der Waals surface area contributed by atoms with E-state index in [0.29, 0.717) is 6.42 Å². The maximum absolute atomic E-state index is 10.5. The third kappa shape index (κ3) is 4.72. The van der Waals surface area contributed by atoms with Crippen molar-refractivity contribution in [1.82, 2.24) is 4.72 Å². The van der Waals surface area contributed by atoms with Gasteiger partial charge in [0, 0.05) is 5.54 Å². The molecule has 0 fully saturated rings. The molecule has 0 aliphatic carbocycles. The molecule has 10 heavy (non-hydrogen) atoms. The van der Waals surface area contributed by atoms with Crippen molar-refractivity contribution in [3.8, 4) is 0 Å². The molecule has 0 saturated heterocycles. The van der Waals surface area contributed by atoms with E-state index >= 15 is 0 Å². The highest BCUT2D eigenvalue weighted by Gasteiger charge is 2.19. The Morgan fingerprint density at radius 2 is 1.90 bits per heavy atom. The van der Waals surface area contributed by atoms with Gasteiger partial charge in [0.05, 0.1) is 0 Å². The predicted molar refractivity (Wildman–Crippen MR) is 40.6 cm³/mol. The third-order valence-corrected chi connectivity index (χ3v) is 2.14. The van der Waals surface area contributed by atoms with Crippen molar-refractivity contribution in [2.75, 3.05) is 0 Å². The summed E-state index contributed by atoms with van der Waals surface area (Å²) in [7, 11) is -3.54. The Kier molecular flexibility index (Phi) is 2.82. The first-order valence-electron chi connectivity index (χ1n) is 3.08. The highest BCUT2D eigenvalue weighted by Crippen LogP contribution is 2.06. The molecule has 4 nitrogen and oxygen atoms in total. The zero-order valence-electron chi connectivity index (χ0n) is 6.51. The molecule has 0 spiro atoms. The lowest BCUT2D eigenvalue weighted by Gasteiger charge is -2.21. The summed E-state index contributed by atoms with van der Waals surface area (Å²) in [6.45, 7) is 5.44. The maximum atomic E-state index is 10.5. The number of hydrogen-bond acceptors (Lipinski definition) is 2. The first-order valence-corrected chi connectivity index (χ1v) is 4.63. The summed E-state index contributed by atoms with van der Waals surface area (Å²) in [6, 6.07) is 0. The van der Waals surface area contributed by atoms with Gasteiger partial charge in [0.15, 0.2) is 0 Å². The van der Waals surface area contributed by atoms with Crippen LogP contribution in [0.4, 0.5) is 0 Å². The number of nitrogens with two attached hydrogens (primary N) is 1. The fourth-order valence-electron chi connectivity index (χ4n) is 0.457. The lowest BCUT2D eigenvalue weighted by atomic mass is 10.0. The standard InChI is InChI=1S/C5H14N2O2S/c1-4-5(2,3)7-10(6,8)9/h7H,4H2,1-3H3,(H2,6,8,9). The zero-order valence-corrected chi connectivity index (χ0v) is 7.33. The molecule has 0 aromatic rings. The first kappa shape index (κ1) is 9.87. The summed E-state index contributed by atoms with van der Waals surface area (Å²) in [5.74, 6) is 0. The van der Waals surface area contributed by atoms with Gasteiger partial charge in [-0.05, 0) is 20.3 Å². The number of hydrogen-bond donors (Lipinski definition) is 2. The molecule has 0 atom stereocenters. The Hall–Kier alpha value is -0.130. The molecule has 0 aromatic carbocycles. The Balaban J connectivity index is 4.16. The van der Waals surface area contributed by atoms with E-state index in [1.54, 1.807) is 13.8 Å². The van der Waals surface area contributed by atoms with Gasteiger partial charge in [0.1, 0.15) is 0 Å². The molecule has 0 aliphatic rings. The highest BCUT2D eigenvalue weighted by atomic mass is 32.2. The van der Waals surface area contributed by atoms with Crippen molar-refractivity contribution in [3.63, 3.8) is 0 Å². The van der Waals surface area contributed by atoms with E-state index in [-0.39, 0.29) is 0 Å². The summed E-state index contributed by atoms with van der Waals surface area (Å²) < 4.78 is 23.2. The molecular formula is C5H14N2O2S. The van der Waals surface area contributed by atoms with Gasteiger partial charge in [-0.25, -0.2) is 5.14 Å². The molecule has 0 unspecified atom stereocenters. The van der Waals surface area contributed by atoms with Crippen LogP contribution in [0.1, 0.15) is 27.2 Å². The second kappa shape index (κ2) is 2.86. The maximum Gasteiger partial charge on any atom is 0.274 e. The molecular weight excluding hydrogens is 152 g/mol. The monoisotopic (exact) mass is 166 g/mol. The van der Waals surface area contributed by atoms with Crippen LogP contribution in [0.15, 0.2) is 0 Å². The van der Waals surface area contributed by atoms with E-state index in [1.165, 1.54) is 0 Å². The molecule has 5 heteroatoms. The van der Waals surface area contributed by atoms with Crippen LogP contribution < -0.4 is 9.86 Å². The van der Waals surface area contributed by atoms with Gasteiger partial charge in [-0.2, -0.15) is 13.1 Å². The molecule has 0 aromatic heterocycles. The minimum Gasteiger partial charge on any atom is -0.216 e. The van der Waals surface area contributed by atoms with Gasteiger partial charge >= 0.3 is 0 Å². The highest BCUT2D eigenvalue weighted by molar-refractivity contribution is 7.87. The average Bonchev–Trinajstić information content (AvgIpc) is 1.60. The van der Waals surface area contributed by atoms with Gasteiger partial charge in [-0.3, -0.25) is 0 Å². The van der Waals surface area contributed by atoms with E-state index in [4.69, 9.17) is 5.14 Å². The molecule has 0 aliphatic heterocycles. The van der Waals surface area contributed by atoms with Crippen LogP contribution in [-0.4, -0.2) is 14.0 Å².